The largest absolute Gasteiger partial charge is 0.497 e. The molecule has 25 heavy (non-hydrogen) atoms. The number of nitrogen functional groups attached to an aromatic ring is 1. The Morgan fingerprint density at radius 1 is 1.40 bits per heavy atom. The molecule has 0 radical (unpaired) electrons. The average Bonchev–Trinajstić information content (AvgIpc) is 2.90. The van der Waals surface area contributed by atoms with Gasteiger partial charge in [0.25, 0.3) is 5.56 Å². The Hall–Kier alpha value is -2.80. The Bertz CT molecular complexity index is 1000. The normalized spacial score (nSPS) is 14.6. The van der Waals surface area contributed by atoms with Gasteiger partial charge in [-0.3, -0.25) is 14.7 Å². The number of rotatable bonds is 3. The maximum absolute atomic E-state index is 12.2. The molecule has 130 valence electrons. The number of aromatic nitrogens is 3. The molecule has 1 aliphatic heterocycles. The first-order valence-electron chi connectivity index (χ1n) is 8.27. The van der Waals surface area contributed by atoms with Gasteiger partial charge in [-0.1, -0.05) is 0 Å². The van der Waals surface area contributed by atoms with Gasteiger partial charge < -0.3 is 15.0 Å². The molecule has 0 fully saturated rings. The lowest BCUT2D eigenvalue weighted by Crippen LogP contribution is -2.35. The van der Waals surface area contributed by atoms with Crippen LogP contribution in [0.3, 0.4) is 0 Å². The van der Waals surface area contributed by atoms with Gasteiger partial charge in [0, 0.05) is 50.2 Å². The van der Waals surface area contributed by atoms with Crippen molar-refractivity contribution in [1.29, 1.82) is 0 Å². The number of H-pyrrole nitrogens is 1. The van der Waals surface area contributed by atoms with Crippen LogP contribution in [0.15, 0.2) is 29.2 Å². The maximum Gasteiger partial charge on any atom is 0.257 e. The number of nitrogens with two attached hydrogens (primary N) is 1. The fourth-order valence-corrected chi connectivity index (χ4v) is 3.58. The third-order valence-corrected chi connectivity index (χ3v) is 4.84. The molecule has 4 rings (SSSR count). The predicted molar refractivity (Wildman–Crippen MR) is 96.6 cm³/mol. The standard InChI is InChI=1S/C18H21N5O2/c1-22-8-11(13-7-12(25-2)3-4-16(13)22)9-23-6-5-15-14(10-23)17(24)21-18(19)20-15/h3-4,7-8H,5-6,9-10H2,1-2H3,(H3,19,20,21,24). The van der Waals surface area contributed by atoms with Gasteiger partial charge in [0.15, 0.2) is 0 Å². The van der Waals surface area contributed by atoms with Crippen LogP contribution in [0, 0.1) is 0 Å². The van der Waals surface area contributed by atoms with Crippen molar-refractivity contribution in [3.8, 4) is 5.75 Å². The summed E-state index contributed by atoms with van der Waals surface area (Å²) in [6, 6.07) is 6.11. The van der Waals surface area contributed by atoms with E-state index >= 15 is 0 Å². The van der Waals surface area contributed by atoms with E-state index in [-0.39, 0.29) is 11.5 Å². The maximum atomic E-state index is 12.2. The second-order valence-electron chi connectivity index (χ2n) is 6.49. The lowest BCUT2D eigenvalue weighted by Gasteiger charge is -2.27. The number of hydrogen-bond donors (Lipinski definition) is 2. The lowest BCUT2D eigenvalue weighted by molar-refractivity contribution is 0.242. The molecule has 1 aromatic carbocycles. The van der Waals surface area contributed by atoms with Gasteiger partial charge in [0.05, 0.1) is 18.4 Å². The van der Waals surface area contributed by atoms with E-state index in [0.29, 0.717) is 6.54 Å². The summed E-state index contributed by atoms with van der Waals surface area (Å²) < 4.78 is 7.48. The van der Waals surface area contributed by atoms with Crippen LogP contribution in [0.2, 0.25) is 0 Å². The topological polar surface area (TPSA) is 89.2 Å². The molecule has 0 unspecified atom stereocenters. The Morgan fingerprint density at radius 2 is 2.24 bits per heavy atom. The molecule has 0 atom stereocenters. The van der Waals surface area contributed by atoms with Crippen molar-refractivity contribution in [2.24, 2.45) is 7.05 Å². The van der Waals surface area contributed by atoms with Gasteiger partial charge in [-0.2, -0.15) is 0 Å². The summed E-state index contributed by atoms with van der Waals surface area (Å²) in [6.45, 7) is 2.20. The highest BCUT2D eigenvalue weighted by Crippen LogP contribution is 2.27. The first-order valence-corrected chi connectivity index (χ1v) is 8.27. The van der Waals surface area contributed by atoms with Crippen LogP contribution in [0.5, 0.6) is 5.75 Å². The summed E-state index contributed by atoms with van der Waals surface area (Å²) in [4.78, 5) is 21.3. The van der Waals surface area contributed by atoms with Gasteiger partial charge >= 0.3 is 0 Å². The number of benzene rings is 1. The number of aryl methyl sites for hydroxylation is 1. The van der Waals surface area contributed by atoms with Gasteiger partial charge in [-0.25, -0.2) is 4.98 Å². The number of nitrogens with one attached hydrogen (secondary N) is 1. The quantitative estimate of drug-likeness (QED) is 0.753. The van der Waals surface area contributed by atoms with Gasteiger partial charge in [-0.15, -0.1) is 0 Å². The number of nitrogens with zero attached hydrogens (tertiary/aromatic N) is 3. The van der Waals surface area contributed by atoms with E-state index < -0.39 is 0 Å². The summed E-state index contributed by atoms with van der Waals surface area (Å²) in [5.74, 6) is 1.04. The minimum absolute atomic E-state index is 0.133. The fraction of sp³-hybridized carbons (Fsp3) is 0.333. The minimum Gasteiger partial charge on any atom is -0.497 e. The zero-order valence-electron chi connectivity index (χ0n) is 14.4. The SMILES string of the molecule is COc1ccc2c(c1)c(CN1CCc3nc(N)[nH]c(=O)c3C1)cn2C. The van der Waals surface area contributed by atoms with Crippen molar-refractivity contribution in [1.82, 2.24) is 19.4 Å². The van der Waals surface area contributed by atoms with Crippen LogP contribution in [0.1, 0.15) is 16.8 Å². The number of fused-ring (bicyclic) bond motifs is 2. The number of hydrogen-bond acceptors (Lipinski definition) is 5. The Kier molecular flexibility index (Phi) is 3.73. The lowest BCUT2D eigenvalue weighted by atomic mass is 10.1. The highest BCUT2D eigenvalue weighted by molar-refractivity contribution is 5.85. The Morgan fingerprint density at radius 3 is 3.04 bits per heavy atom. The smallest absolute Gasteiger partial charge is 0.257 e. The van der Waals surface area contributed by atoms with Crippen molar-refractivity contribution in [3.05, 3.63) is 51.6 Å². The number of ether oxygens (including phenoxy) is 1. The number of aromatic amines is 1. The first-order chi connectivity index (χ1) is 12.0. The molecule has 2 aromatic heterocycles. The second-order valence-corrected chi connectivity index (χ2v) is 6.49. The van der Waals surface area contributed by atoms with E-state index in [1.54, 1.807) is 7.11 Å². The summed E-state index contributed by atoms with van der Waals surface area (Å²) in [5, 5.41) is 1.18. The molecule has 7 nitrogen and oxygen atoms in total. The number of anilines is 1. The van der Waals surface area contributed by atoms with Crippen molar-refractivity contribution in [2.45, 2.75) is 19.5 Å². The molecule has 3 heterocycles. The average molecular weight is 339 g/mol. The molecule has 0 aliphatic carbocycles. The van der Waals surface area contributed by atoms with E-state index in [1.165, 1.54) is 16.5 Å². The molecule has 3 aromatic rings. The summed E-state index contributed by atoms with van der Waals surface area (Å²) in [7, 11) is 3.72. The van der Waals surface area contributed by atoms with Crippen molar-refractivity contribution < 1.29 is 4.74 Å². The Balaban J connectivity index is 1.65. The fourth-order valence-electron chi connectivity index (χ4n) is 3.58. The van der Waals surface area contributed by atoms with Crippen molar-refractivity contribution >= 4 is 16.9 Å². The molecule has 0 amide bonds. The molecule has 0 bridgehead atoms. The zero-order valence-corrected chi connectivity index (χ0v) is 14.4. The van der Waals surface area contributed by atoms with Crippen LogP contribution in [0.4, 0.5) is 5.95 Å². The molecular weight excluding hydrogens is 318 g/mol. The van der Waals surface area contributed by atoms with Crippen LogP contribution >= 0.6 is 0 Å². The van der Waals surface area contributed by atoms with Crippen molar-refractivity contribution in [2.75, 3.05) is 19.4 Å². The zero-order chi connectivity index (χ0) is 17.6. The van der Waals surface area contributed by atoms with Crippen LogP contribution < -0.4 is 16.0 Å². The molecule has 3 N–H and O–H groups in total. The second kappa shape index (κ2) is 5.93. The van der Waals surface area contributed by atoms with Crippen LogP contribution in [-0.2, 0) is 26.6 Å². The third kappa shape index (κ3) is 2.76. The van der Waals surface area contributed by atoms with Crippen LogP contribution in [-0.4, -0.2) is 33.1 Å². The summed E-state index contributed by atoms with van der Waals surface area (Å²) in [5.41, 5.74) is 9.43. The number of methoxy groups -OCH3 is 1. The third-order valence-electron chi connectivity index (χ3n) is 4.84. The monoisotopic (exact) mass is 339 g/mol. The van der Waals surface area contributed by atoms with Crippen molar-refractivity contribution in [3.63, 3.8) is 0 Å². The van der Waals surface area contributed by atoms with E-state index in [9.17, 15) is 4.79 Å². The van der Waals surface area contributed by atoms with E-state index in [4.69, 9.17) is 10.5 Å². The van der Waals surface area contributed by atoms with Gasteiger partial charge in [-0.05, 0) is 23.8 Å². The van der Waals surface area contributed by atoms with Gasteiger partial charge in [0.2, 0.25) is 5.95 Å². The molecule has 0 saturated heterocycles. The predicted octanol–water partition coefficient (Wildman–Crippen LogP) is 1.41. The van der Waals surface area contributed by atoms with E-state index in [1.807, 2.05) is 13.1 Å². The van der Waals surface area contributed by atoms with Crippen LogP contribution in [0.25, 0.3) is 10.9 Å². The molecule has 7 heteroatoms. The molecule has 0 saturated carbocycles. The van der Waals surface area contributed by atoms with E-state index in [2.05, 4.69) is 37.8 Å². The van der Waals surface area contributed by atoms with E-state index in [0.717, 1.165) is 36.5 Å². The van der Waals surface area contributed by atoms with Gasteiger partial charge in [0.1, 0.15) is 5.75 Å². The minimum atomic E-state index is -0.133. The highest BCUT2D eigenvalue weighted by atomic mass is 16.5. The summed E-state index contributed by atoms with van der Waals surface area (Å²) in [6.07, 6.45) is 2.88. The Labute approximate surface area is 145 Å². The molecule has 1 aliphatic rings. The molecular formula is C18H21N5O2. The first kappa shape index (κ1) is 15.7. The highest BCUT2D eigenvalue weighted by Gasteiger charge is 2.22. The summed E-state index contributed by atoms with van der Waals surface area (Å²) >= 11 is 0. The molecule has 0 spiro atoms.